The Kier molecular flexibility index (Phi) is 7.00. The number of carboxylic acid groups (broad SMARTS) is 1. The van der Waals surface area contributed by atoms with Crippen molar-refractivity contribution in [1.82, 2.24) is 10.6 Å². The molecule has 20 heavy (non-hydrogen) atoms. The average molecular weight is 286 g/mol. The van der Waals surface area contributed by atoms with Gasteiger partial charge in [0.1, 0.15) is 0 Å². The summed E-state index contributed by atoms with van der Waals surface area (Å²) in [6.07, 6.45) is 2.68. The fraction of sp³-hybridized carbons (Fsp3) is 0.769. The van der Waals surface area contributed by atoms with Crippen molar-refractivity contribution in [1.29, 1.82) is 0 Å². The second-order valence-corrected chi connectivity index (χ2v) is 5.02. The fourth-order valence-electron chi connectivity index (χ4n) is 2.19. The molecule has 1 fully saturated rings. The highest BCUT2D eigenvalue weighted by molar-refractivity contribution is 5.80. The van der Waals surface area contributed by atoms with E-state index in [0.717, 1.165) is 25.7 Å². The molecule has 0 aliphatic heterocycles. The molecule has 7 heteroatoms. The van der Waals surface area contributed by atoms with Crippen LogP contribution in [0.25, 0.3) is 0 Å². The van der Waals surface area contributed by atoms with Gasteiger partial charge in [-0.2, -0.15) is 0 Å². The van der Waals surface area contributed by atoms with E-state index < -0.39 is 12.1 Å². The van der Waals surface area contributed by atoms with E-state index in [-0.39, 0.29) is 43.7 Å². The van der Waals surface area contributed by atoms with Gasteiger partial charge in [0, 0.05) is 31.8 Å². The van der Waals surface area contributed by atoms with Crippen LogP contribution >= 0.6 is 0 Å². The maximum atomic E-state index is 11.7. The van der Waals surface area contributed by atoms with Crippen LogP contribution in [0, 0.1) is 5.92 Å². The topological polar surface area (TPSA) is 116 Å². The largest absolute Gasteiger partial charge is 0.479 e. The standard InChI is InChI=1S/C13H22N2O5/c16-10(13(19)20)5-7-14-11(17)6-8-15-12(18)9-3-1-2-4-9/h9-10,16H,1-8H2,(H,14,17)(H,15,18)(H,19,20). The summed E-state index contributed by atoms with van der Waals surface area (Å²) in [5, 5.41) is 22.7. The first kappa shape index (κ1) is 16.4. The number of hydrogen-bond acceptors (Lipinski definition) is 4. The molecule has 0 aromatic heterocycles. The van der Waals surface area contributed by atoms with E-state index in [2.05, 4.69) is 10.6 Å². The number of rotatable bonds is 8. The van der Waals surface area contributed by atoms with Crippen molar-refractivity contribution in [2.75, 3.05) is 13.1 Å². The summed E-state index contributed by atoms with van der Waals surface area (Å²) in [6.45, 7) is 0.380. The zero-order valence-corrected chi connectivity index (χ0v) is 11.4. The Morgan fingerprint density at radius 3 is 2.35 bits per heavy atom. The molecular weight excluding hydrogens is 264 g/mol. The lowest BCUT2D eigenvalue weighted by Gasteiger charge is -2.10. The summed E-state index contributed by atoms with van der Waals surface area (Å²) in [4.78, 5) is 33.4. The van der Waals surface area contributed by atoms with Crippen LogP contribution in [0.1, 0.15) is 38.5 Å². The molecule has 0 heterocycles. The first-order valence-electron chi connectivity index (χ1n) is 6.96. The summed E-state index contributed by atoms with van der Waals surface area (Å²) in [7, 11) is 0. The van der Waals surface area contributed by atoms with Crippen molar-refractivity contribution in [3.8, 4) is 0 Å². The maximum absolute atomic E-state index is 11.7. The molecule has 1 aliphatic carbocycles. The lowest BCUT2D eigenvalue weighted by molar-refractivity contribution is -0.147. The fourth-order valence-corrected chi connectivity index (χ4v) is 2.19. The number of carbonyl (C=O) groups excluding carboxylic acids is 2. The molecule has 0 radical (unpaired) electrons. The molecule has 1 rings (SSSR count). The zero-order valence-electron chi connectivity index (χ0n) is 11.4. The van der Waals surface area contributed by atoms with E-state index in [1.54, 1.807) is 0 Å². The highest BCUT2D eigenvalue weighted by Gasteiger charge is 2.22. The van der Waals surface area contributed by atoms with Crippen LogP contribution in [-0.4, -0.2) is 47.2 Å². The lowest BCUT2D eigenvalue weighted by Crippen LogP contribution is -2.35. The Morgan fingerprint density at radius 2 is 1.75 bits per heavy atom. The molecule has 1 atom stereocenters. The second kappa shape index (κ2) is 8.52. The molecule has 2 amide bonds. The quantitative estimate of drug-likeness (QED) is 0.486. The van der Waals surface area contributed by atoms with Crippen LogP contribution in [-0.2, 0) is 14.4 Å². The van der Waals surface area contributed by atoms with Crippen LogP contribution in [0.5, 0.6) is 0 Å². The van der Waals surface area contributed by atoms with E-state index in [9.17, 15) is 14.4 Å². The third-order valence-electron chi connectivity index (χ3n) is 3.40. The van der Waals surface area contributed by atoms with Gasteiger partial charge in [0.25, 0.3) is 0 Å². The minimum atomic E-state index is -1.46. The predicted octanol–water partition coefficient (Wildman–Crippen LogP) is -0.365. The molecule has 0 aromatic rings. The molecule has 1 aliphatic rings. The van der Waals surface area contributed by atoms with Gasteiger partial charge in [0.05, 0.1) is 0 Å². The Hall–Kier alpha value is -1.63. The van der Waals surface area contributed by atoms with Gasteiger partial charge in [0.15, 0.2) is 6.10 Å². The van der Waals surface area contributed by atoms with Gasteiger partial charge in [-0.3, -0.25) is 9.59 Å². The molecule has 1 unspecified atom stereocenters. The normalized spacial score (nSPS) is 16.6. The minimum Gasteiger partial charge on any atom is -0.479 e. The molecule has 0 spiro atoms. The third-order valence-corrected chi connectivity index (χ3v) is 3.40. The highest BCUT2D eigenvalue weighted by Crippen LogP contribution is 2.24. The molecule has 4 N–H and O–H groups in total. The van der Waals surface area contributed by atoms with Crippen molar-refractivity contribution in [2.45, 2.75) is 44.6 Å². The van der Waals surface area contributed by atoms with Gasteiger partial charge in [-0.05, 0) is 12.8 Å². The Bertz CT molecular complexity index is 353. The van der Waals surface area contributed by atoms with Crippen LogP contribution in [0.2, 0.25) is 0 Å². The van der Waals surface area contributed by atoms with E-state index in [0.29, 0.717) is 0 Å². The van der Waals surface area contributed by atoms with E-state index in [4.69, 9.17) is 10.2 Å². The number of carboxylic acids is 1. The monoisotopic (exact) mass is 286 g/mol. The first-order chi connectivity index (χ1) is 9.50. The van der Waals surface area contributed by atoms with Gasteiger partial charge < -0.3 is 20.8 Å². The summed E-state index contributed by atoms with van der Waals surface area (Å²) < 4.78 is 0. The summed E-state index contributed by atoms with van der Waals surface area (Å²) in [5.41, 5.74) is 0. The third kappa shape index (κ3) is 6.01. The van der Waals surface area contributed by atoms with Gasteiger partial charge in [0.2, 0.25) is 11.8 Å². The first-order valence-corrected chi connectivity index (χ1v) is 6.96. The van der Waals surface area contributed by atoms with Crippen LogP contribution in [0.15, 0.2) is 0 Å². The number of hydrogen-bond donors (Lipinski definition) is 4. The van der Waals surface area contributed by atoms with E-state index in [1.807, 2.05) is 0 Å². The van der Waals surface area contributed by atoms with Gasteiger partial charge in [-0.25, -0.2) is 4.79 Å². The van der Waals surface area contributed by atoms with Gasteiger partial charge in [-0.1, -0.05) is 12.8 Å². The summed E-state index contributed by atoms with van der Waals surface area (Å²) >= 11 is 0. The molecule has 0 saturated heterocycles. The summed E-state index contributed by atoms with van der Waals surface area (Å²) in [6, 6.07) is 0. The average Bonchev–Trinajstić information content (AvgIpc) is 2.92. The highest BCUT2D eigenvalue weighted by atomic mass is 16.4. The van der Waals surface area contributed by atoms with Gasteiger partial charge >= 0.3 is 5.97 Å². The molecular formula is C13H22N2O5. The van der Waals surface area contributed by atoms with Crippen molar-refractivity contribution in [2.24, 2.45) is 5.92 Å². The Balaban J connectivity index is 2.05. The number of amides is 2. The smallest absolute Gasteiger partial charge is 0.332 e. The second-order valence-electron chi connectivity index (χ2n) is 5.02. The summed E-state index contributed by atoms with van der Waals surface area (Å²) in [5.74, 6) is -1.47. The number of aliphatic carboxylic acids is 1. The number of aliphatic hydroxyl groups is 1. The van der Waals surface area contributed by atoms with Crippen molar-refractivity contribution >= 4 is 17.8 Å². The molecule has 7 nitrogen and oxygen atoms in total. The lowest BCUT2D eigenvalue weighted by atomic mass is 10.1. The maximum Gasteiger partial charge on any atom is 0.332 e. The van der Waals surface area contributed by atoms with Gasteiger partial charge in [-0.15, -0.1) is 0 Å². The number of carbonyl (C=O) groups is 3. The van der Waals surface area contributed by atoms with E-state index in [1.165, 1.54) is 0 Å². The predicted molar refractivity (Wildman–Crippen MR) is 70.9 cm³/mol. The molecule has 114 valence electrons. The van der Waals surface area contributed by atoms with Crippen LogP contribution in [0.3, 0.4) is 0 Å². The van der Waals surface area contributed by atoms with Crippen molar-refractivity contribution < 1.29 is 24.6 Å². The molecule has 1 saturated carbocycles. The Labute approximate surface area is 117 Å². The molecule has 0 aromatic carbocycles. The minimum absolute atomic E-state index is 0.0107. The number of nitrogens with one attached hydrogen (secondary N) is 2. The Morgan fingerprint density at radius 1 is 1.10 bits per heavy atom. The number of aliphatic hydroxyl groups excluding tert-OH is 1. The SMILES string of the molecule is O=C(CCNC(=O)C1CCCC1)NCCC(O)C(=O)O. The van der Waals surface area contributed by atoms with Crippen molar-refractivity contribution in [3.05, 3.63) is 0 Å². The van der Waals surface area contributed by atoms with Crippen LogP contribution < -0.4 is 10.6 Å². The van der Waals surface area contributed by atoms with Crippen molar-refractivity contribution in [3.63, 3.8) is 0 Å². The molecule has 0 bridgehead atoms. The van der Waals surface area contributed by atoms with Crippen LogP contribution in [0.4, 0.5) is 0 Å². The zero-order chi connectivity index (χ0) is 15.0. The van der Waals surface area contributed by atoms with E-state index >= 15 is 0 Å².